The number of phenols is 1. The molecule has 0 bridgehead atoms. The fourth-order valence-electron chi connectivity index (χ4n) is 1.75. The molecule has 1 aromatic carbocycles. The van der Waals surface area contributed by atoms with Crippen LogP contribution in [0, 0.1) is 0 Å². The quantitative estimate of drug-likeness (QED) is 0.712. The van der Waals surface area contributed by atoms with Crippen molar-refractivity contribution in [2.75, 3.05) is 34.0 Å². The molecule has 0 saturated heterocycles. The average molecular weight is 269 g/mol. The molecule has 1 aromatic rings. The number of aromatic hydroxyl groups is 1. The number of hydrogen-bond acceptors (Lipinski definition) is 5. The van der Waals surface area contributed by atoms with Gasteiger partial charge in [0.05, 0.1) is 19.3 Å². The van der Waals surface area contributed by atoms with Gasteiger partial charge in [0.15, 0.2) is 11.5 Å². The summed E-state index contributed by atoms with van der Waals surface area (Å²) in [6.07, 6.45) is 0.00205. The number of para-hydroxylation sites is 1. The van der Waals surface area contributed by atoms with E-state index in [9.17, 15) is 5.11 Å². The molecule has 0 aliphatic heterocycles. The Hall–Kier alpha value is -1.30. The predicted molar refractivity (Wildman–Crippen MR) is 73.7 cm³/mol. The molecule has 0 heterocycles. The standard InChI is InChI=1S/C14H23NO4/c1-4-19-13-7-5-6-11(14(13)16)8-15-9-12(18-3)10-17-2/h5-7,12,15-16H,4,8-10H2,1-3H3. The van der Waals surface area contributed by atoms with Crippen molar-refractivity contribution in [2.24, 2.45) is 0 Å². The molecule has 1 rings (SSSR count). The molecule has 1 unspecified atom stereocenters. The van der Waals surface area contributed by atoms with Crippen molar-refractivity contribution in [3.8, 4) is 11.5 Å². The zero-order valence-electron chi connectivity index (χ0n) is 11.8. The molecule has 0 aromatic heterocycles. The van der Waals surface area contributed by atoms with E-state index >= 15 is 0 Å². The van der Waals surface area contributed by atoms with Gasteiger partial charge in [0, 0.05) is 32.9 Å². The molecule has 19 heavy (non-hydrogen) atoms. The van der Waals surface area contributed by atoms with Crippen molar-refractivity contribution in [3.63, 3.8) is 0 Å². The lowest BCUT2D eigenvalue weighted by molar-refractivity contribution is 0.0287. The smallest absolute Gasteiger partial charge is 0.162 e. The first-order valence-corrected chi connectivity index (χ1v) is 6.39. The van der Waals surface area contributed by atoms with Crippen molar-refractivity contribution in [1.29, 1.82) is 0 Å². The van der Waals surface area contributed by atoms with Crippen LogP contribution in [0.2, 0.25) is 0 Å². The van der Waals surface area contributed by atoms with Gasteiger partial charge in [-0.3, -0.25) is 0 Å². The van der Waals surface area contributed by atoms with Crippen LogP contribution in [0.25, 0.3) is 0 Å². The van der Waals surface area contributed by atoms with Crippen LogP contribution < -0.4 is 10.1 Å². The monoisotopic (exact) mass is 269 g/mol. The molecule has 1 atom stereocenters. The molecular formula is C14H23NO4. The first kappa shape index (κ1) is 15.8. The summed E-state index contributed by atoms with van der Waals surface area (Å²) in [5.41, 5.74) is 0.804. The van der Waals surface area contributed by atoms with Crippen LogP contribution in [-0.4, -0.2) is 45.2 Å². The molecule has 0 saturated carbocycles. The molecule has 0 aliphatic carbocycles. The van der Waals surface area contributed by atoms with Gasteiger partial charge in [0.1, 0.15) is 0 Å². The highest BCUT2D eigenvalue weighted by atomic mass is 16.5. The number of methoxy groups -OCH3 is 2. The van der Waals surface area contributed by atoms with Crippen molar-refractivity contribution in [2.45, 2.75) is 19.6 Å². The van der Waals surface area contributed by atoms with Crippen LogP contribution >= 0.6 is 0 Å². The highest BCUT2D eigenvalue weighted by Gasteiger charge is 2.09. The zero-order chi connectivity index (χ0) is 14.1. The largest absolute Gasteiger partial charge is 0.504 e. The number of ether oxygens (including phenoxy) is 3. The second kappa shape index (κ2) is 8.74. The highest BCUT2D eigenvalue weighted by molar-refractivity contribution is 5.45. The number of rotatable bonds is 9. The summed E-state index contributed by atoms with van der Waals surface area (Å²) in [6.45, 7) is 4.16. The maximum Gasteiger partial charge on any atom is 0.162 e. The van der Waals surface area contributed by atoms with Crippen LogP contribution in [0.3, 0.4) is 0 Å². The minimum atomic E-state index is 0.00205. The lowest BCUT2D eigenvalue weighted by atomic mass is 10.2. The van der Waals surface area contributed by atoms with E-state index in [1.54, 1.807) is 20.3 Å². The third-order valence-electron chi connectivity index (χ3n) is 2.76. The molecule has 0 fully saturated rings. The third-order valence-corrected chi connectivity index (χ3v) is 2.76. The van der Waals surface area contributed by atoms with E-state index < -0.39 is 0 Å². The van der Waals surface area contributed by atoms with Gasteiger partial charge in [-0.1, -0.05) is 12.1 Å². The molecule has 0 radical (unpaired) electrons. The van der Waals surface area contributed by atoms with Gasteiger partial charge in [-0.05, 0) is 13.0 Å². The average Bonchev–Trinajstić information content (AvgIpc) is 2.42. The van der Waals surface area contributed by atoms with Crippen LogP contribution in [0.15, 0.2) is 18.2 Å². The Morgan fingerprint density at radius 3 is 2.74 bits per heavy atom. The van der Waals surface area contributed by atoms with Crippen molar-refractivity contribution in [1.82, 2.24) is 5.32 Å². The Labute approximate surface area is 114 Å². The molecule has 5 heteroatoms. The second-order valence-corrected chi connectivity index (χ2v) is 4.14. The number of hydrogen-bond donors (Lipinski definition) is 2. The van der Waals surface area contributed by atoms with Gasteiger partial charge in [-0.25, -0.2) is 0 Å². The fourth-order valence-corrected chi connectivity index (χ4v) is 1.75. The predicted octanol–water partition coefficient (Wildman–Crippen LogP) is 1.54. The summed E-state index contributed by atoms with van der Waals surface area (Å²) in [7, 11) is 3.29. The number of nitrogens with one attached hydrogen (secondary N) is 1. The van der Waals surface area contributed by atoms with E-state index in [0.29, 0.717) is 32.1 Å². The Balaban J connectivity index is 2.51. The Kier molecular flexibility index (Phi) is 7.25. The summed E-state index contributed by atoms with van der Waals surface area (Å²) in [5, 5.41) is 13.3. The van der Waals surface area contributed by atoms with Crippen molar-refractivity contribution < 1.29 is 19.3 Å². The van der Waals surface area contributed by atoms with E-state index in [1.165, 1.54) is 0 Å². The van der Waals surface area contributed by atoms with Gasteiger partial charge < -0.3 is 24.6 Å². The Morgan fingerprint density at radius 1 is 1.32 bits per heavy atom. The lowest BCUT2D eigenvalue weighted by Gasteiger charge is -2.16. The Morgan fingerprint density at radius 2 is 2.11 bits per heavy atom. The SMILES string of the molecule is CCOc1cccc(CNCC(COC)OC)c1O. The number of phenolic OH excluding ortho intramolecular Hbond substituents is 1. The van der Waals surface area contributed by atoms with Crippen molar-refractivity contribution in [3.05, 3.63) is 23.8 Å². The van der Waals surface area contributed by atoms with Crippen molar-refractivity contribution >= 4 is 0 Å². The summed E-state index contributed by atoms with van der Waals surface area (Å²) < 4.78 is 15.6. The number of benzene rings is 1. The fraction of sp³-hybridized carbons (Fsp3) is 0.571. The van der Waals surface area contributed by atoms with Gasteiger partial charge in [-0.2, -0.15) is 0 Å². The molecule has 5 nitrogen and oxygen atoms in total. The van der Waals surface area contributed by atoms with Gasteiger partial charge in [-0.15, -0.1) is 0 Å². The van der Waals surface area contributed by atoms with Crippen LogP contribution in [0.1, 0.15) is 12.5 Å². The molecule has 0 amide bonds. The van der Waals surface area contributed by atoms with Gasteiger partial charge in [0.25, 0.3) is 0 Å². The first-order chi connectivity index (χ1) is 9.22. The van der Waals surface area contributed by atoms with Crippen LogP contribution in [0.4, 0.5) is 0 Å². The normalized spacial score (nSPS) is 12.4. The topological polar surface area (TPSA) is 60.0 Å². The van der Waals surface area contributed by atoms with E-state index in [2.05, 4.69) is 5.32 Å². The van der Waals surface area contributed by atoms with E-state index in [0.717, 1.165) is 5.56 Å². The first-order valence-electron chi connectivity index (χ1n) is 6.39. The minimum absolute atomic E-state index is 0.00205. The summed E-state index contributed by atoms with van der Waals surface area (Å²) >= 11 is 0. The minimum Gasteiger partial charge on any atom is -0.504 e. The molecule has 108 valence electrons. The Bertz CT molecular complexity index is 370. The second-order valence-electron chi connectivity index (χ2n) is 4.14. The zero-order valence-corrected chi connectivity index (χ0v) is 11.8. The summed E-state index contributed by atoms with van der Waals surface area (Å²) in [5.74, 6) is 0.708. The van der Waals surface area contributed by atoms with E-state index in [4.69, 9.17) is 14.2 Å². The highest BCUT2D eigenvalue weighted by Crippen LogP contribution is 2.29. The van der Waals surface area contributed by atoms with E-state index in [-0.39, 0.29) is 11.9 Å². The van der Waals surface area contributed by atoms with Gasteiger partial charge in [0.2, 0.25) is 0 Å². The maximum atomic E-state index is 10.0. The summed E-state index contributed by atoms with van der Waals surface area (Å²) in [4.78, 5) is 0. The summed E-state index contributed by atoms with van der Waals surface area (Å²) in [6, 6.07) is 5.49. The maximum absolute atomic E-state index is 10.0. The third kappa shape index (κ3) is 5.06. The van der Waals surface area contributed by atoms with Crippen LogP contribution in [0.5, 0.6) is 11.5 Å². The molecule has 0 spiro atoms. The molecule has 2 N–H and O–H groups in total. The van der Waals surface area contributed by atoms with E-state index in [1.807, 2.05) is 19.1 Å². The molecule has 0 aliphatic rings. The van der Waals surface area contributed by atoms with Crippen LogP contribution in [-0.2, 0) is 16.0 Å². The molecular weight excluding hydrogens is 246 g/mol. The lowest BCUT2D eigenvalue weighted by Crippen LogP contribution is -2.31. The van der Waals surface area contributed by atoms with Gasteiger partial charge >= 0.3 is 0 Å².